The first-order valence-corrected chi connectivity index (χ1v) is 8.10. The summed E-state index contributed by atoms with van der Waals surface area (Å²) < 4.78 is 31.6. The van der Waals surface area contributed by atoms with Crippen LogP contribution >= 0.6 is 11.6 Å². The molecule has 0 fully saturated rings. The molecule has 0 aromatic heterocycles. The minimum absolute atomic E-state index is 0.209. The molecule has 108 valence electrons. The summed E-state index contributed by atoms with van der Waals surface area (Å²) in [4.78, 5) is 0.274. The largest absolute Gasteiger partial charge is 0.383 e. The molecule has 1 unspecified atom stereocenters. The van der Waals surface area contributed by atoms with Gasteiger partial charge < -0.3 is 4.74 Å². The maximum Gasteiger partial charge on any atom is 0.243 e. The molecule has 0 saturated carbocycles. The summed E-state index contributed by atoms with van der Waals surface area (Å²) >= 11 is 5.75. The molecular formula is C13H20ClNO3S. The van der Waals surface area contributed by atoms with Crippen molar-refractivity contribution in [3.05, 3.63) is 29.8 Å². The summed E-state index contributed by atoms with van der Waals surface area (Å²) in [7, 11) is -1.95. The van der Waals surface area contributed by atoms with E-state index in [4.69, 9.17) is 16.3 Å². The molecule has 1 atom stereocenters. The van der Waals surface area contributed by atoms with Gasteiger partial charge in [0.2, 0.25) is 10.0 Å². The SMILES string of the molecule is CCN(C(C)COC)S(=O)(=O)c1cccc(CCl)c1. The van der Waals surface area contributed by atoms with Gasteiger partial charge in [-0.2, -0.15) is 4.31 Å². The van der Waals surface area contributed by atoms with Crippen LogP contribution in [-0.4, -0.2) is 39.0 Å². The molecule has 1 rings (SSSR count). The van der Waals surface area contributed by atoms with E-state index >= 15 is 0 Å². The van der Waals surface area contributed by atoms with Crippen molar-refractivity contribution < 1.29 is 13.2 Å². The van der Waals surface area contributed by atoms with E-state index in [9.17, 15) is 8.42 Å². The summed E-state index contributed by atoms with van der Waals surface area (Å²) in [6.07, 6.45) is 0. The highest BCUT2D eigenvalue weighted by atomic mass is 35.5. The second-order valence-corrected chi connectivity index (χ2v) is 6.45. The number of hydrogen-bond donors (Lipinski definition) is 0. The zero-order chi connectivity index (χ0) is 14.5. The molecule has 1 aromatic carbocycles. The standard InChI is InChI=1S/C13H20ClNO3S/c1-4-15(11(2)10-18-3)19(16,17)13-7-5-6-12(8-13)9-14/h5-8,11H,4,9-10H2,1-3H3. The van der Waals surface area contributed by atoms with Gasteiger partial charge in [-0.1, -0.05) is 19.1 Å². The Hall–Kier alpha value is -0.620. The molecule has 19 heavy (non-hydrogen) atoms. The van der Waals surface area contributed by atoms with Crippen molar-refractivity contribution in [2.45, 2.75) is 30.7 Å². The Bertz CT molecular complexity index is 504. The number of methoxy groups -OCH3 is 1. The van der Waals surface area contributed by atoms with Gasteiger partial charge in [0.15, 0.2) is 0 Å². The van der Waals surface area contributed by atoms with Crippen LogP contribution in [0.15, 0.2) is 29.2 Å². The summed E-state index contributed by atoms with van der Waals surface area (Å²) in [5, 5.41) is 0. The predicted molar refractivity (Wildman–Crippen MR) is 76.9 cm³/mol. The van der Waals surface area contributed by atoms with E-state index in [1.165, 1.54) is 4.31 Å². The number of hydrogen-bond acceptors (Lipinski definition) is 3. The van der Waals surface area contributed by atoms with Gasteiger partial charge in [-0.25, -0.2) is 8.42 Å². The van der Waals surface area contributed by atoms with Crippen molar-refractivity contribution in [3.63, 3.8) is 0 Å². The van der Waals surface area contributed by atoms with Crippen molar-refractivity contribution in [1.82, 2.24) is 4.31 Å². The van der Waals surface area contributed by atoms with Crippen LogP contribution in [0.25, 0.3) is 0 Å². The molecular weight excluding hydrogens is 286 g/mol. The third-order valence-electron chi connectivity index (χ3n) is 2.87. The zero-order valence-electron chi connectivity index (χ0n) is 11.5. The number of nitrogens with zero attached hydrogens (tertiary/aromatic N) is 1. The Morgan fingerprint density at radius 1 is 1.42 bits per heavy atom. The molecule has 4 nitrogen and oxygen atoms in total. The van der Waals surface area contributed by atoms with Crippen molar-refractivity contribution >= 4 is 21.6 Å². The first-order chi connectivity index (χ1) is 8.97. The molecule has 0 N–H and O–H groups in total. The van der Waals surface area contributed by atoms with E-state index in [1.807, 2.05) is 13.8 Å². The lowest BCUT2D eigenvalue weighted by Crippen LogP contribution is -2.40. The minimum atomic E-state index is -3.51. The lowest BCUT2D eigenvalue weighted by atomic mass is 10.2. The summed E-state index contributed by atoms with van der Waals surface area (Å²) in [5.74, 6) is 0.295. The number of sulfonamides is 1. The number of ether oxygens (including phenoxy) is 1. The quantitative estimate of drug-likeness (QED) is 0.727. The van der Waals surface area contributed by atoms with Crippen LogP contribution in [0.2, 0.25) is 0 Å². The van der Waals surface area contributed by atoms with Gasteiger partial charge in [0.05, 0.1) is 11.5 Å². The van der Waals surface area contributed by atoms with Gasteiger partial charge in [-0.15, -0.1) is 11.6 Å². The fraction of sp³-hybridized carbons (Fsp3) is 0.538. The zero-order valence-corrected chi connectivity index (χ0v) is 13.0. The van der Waals surface area contributed by atoms with Gasteiger partial charge in [-0.05, 0) is 24.6 Å². The molecule has 0 spiro atoms. The monoisotopic (exact) mass is 305 g/mol. The van der Waals surface area contributed by atoms with Gasteiger partial charge in [0.1, 0.15) is 0 Å². The highest BCUT2D eigenvalue weighted by Gasteiger charge is 2.27. The number of alkyl halides is 1. The van der Waals surface area contributed by atoms with Crippen LogP contribution in [0.1, 0.15) is 19.4 Å². The van der Waals surface area contributed by atoms with Crippen molar-refractivity contribution in [2.24, 2.45) is 0 Å². The van der Waals surface area contributed by atoms with Gasteiger partial charge >= 0.3 is 0 Å². The Kier molecular flexibility index (Phi) is 6.26. The van der Waals surface area contributed by atoms with E-state index in [2.05, 4.69) is 0 Å². The third-order valence-corrected chi connectivity index (χ3v) is 5.26. The molecule has 0 radical (unpaired) electrons. The maximum atomic E-state index is 12.6. The first-order valence-electron chi connectivity index (χ1n) is 6.13. The molecule has 0 bridgehead atoms. The average molecular weight is 306 g/mol. The molecule has 0 aliphatic heterocycles. The Morgan fingerprint density at radius 3 is 2.63 bits per heavy atom. The molecule has 6 heteroatoms. The second-order valence-electron chi connectivity index (χ2n) is 4.29. The lowest BCUT2D eigenvalue weighted by molar-refractivity contribution is 0.142. The molecule has 0 heterocycles. The number of halogens is 1. The highest BCUT2D eigenvalue weighted by molar-refractivity contribution is 7.89. The van der Waals surface area contributed by atoms with Crippen LogP contribution in [0.4, 0.5) is 0 Å². The Morgan fingerprint density at radius 2 is 2.11 bits per heavy atom. The molecule has 0 aliphatic rings. The summed E-state index contributed by atoms with van der Waals surface area (Å²) in [6, 6.07) is 6.51. The number of rotatable bonds is 7. The summed E-state index contributed by atoms with van der Waals surface area (Å²) in [5.41, 5.74) is 0.790. The molecule has 1 aromatic rings. The Labute approximate surface area is 120 Å². The Balaban J connectivity index is 3.12. The van der Waals surface area contributed by atoms with Crippen LogP contribution in [0.3, 0.4) is 0 Å². The van der Waals surface area contributed by atoms with Crippen molar-refractivity contribution in [3.8, 4) is 0 Å². The number of likely N-dealkylation sites (N-methyl/N-ethyl adjacent to an activating group) is 1. The maximum absolute atomic E-state index is 12.6. The highest BCUT2D eigenvalue weighted by Crippen LogP contribution is 2.20. The van der Waals surface area contributed by atoms with Gasteiger partial charge in [0, 0.05) is 25.6 Å². The van der Waals surface area contributed by atoms with Gasteiger partial charge in [0.25, 0.3) is 0 Å². The van der Waals surface area contributed by atoms with E-state index in [0.29, 0.717) is 19.0 Å². The van der Waals surface area contributed by atoms with Crippen LogP contribution in [-0.2, 0) is 20.6 Å². The normalized spacial score (nSPS) is 13.7. The van der Waals surface area contributed by atoms with E-state index in [1.54, 1.807) is 31.4 Å². The van der Waals surface area contributed by atoms with Crippen LogP contribution in [0, 0.1) is 0 Å². The summed E-state index contributed by atoms with van der Waals surface area (Å²) in [6.45, 7) is 4.41. The fourth-order valence-electron chi connectivity index (χ4n) is 1.97. The minimum Gasteiger partial charge on any atom is -0.383 e. The fourth-order valence-corrected chi connectivity index (χ4v) is 3.83. The lowest BCUT2D eigenvalue weighted by Gasteiger charge is -2.26. The molecule has 0 aliphatic carbocycles. The molecule has 0 saturated heterocycles. The van der Waals surface area contributed by atoms with Gasteiger partial charge in [-0.3, -0.25) is 0 Å². The number of benzene rings is 1. The third kappa shape index (κ3) is 3.92. The van der Waals surface area contributed by atoms with E-state index in [-0.39, 0.29) is 10.9 Å². The second kappa shape index (κ2) is 7.24. The smallest absolute Gasteiger partial charge is 0.243 e. The van der Waals surface area contributed by atoms with Crippen LogP contribution < -0.4 is 0 Å². The topological polar surface area (TPSA) is 46.6 Å². The van der Waals surface area contributed by atoms with Crippen molar-refractivity contribution in [1.29, 1.82) is 0 Å². The first kappa shape index (κ1) is 16.4. The predicted octanol–water partition coefficient (Wildman–Crippen LogP) is 2.47. The van der Waals surface area contributed by atoms with E-state index in [0.717, 1.165) is 5.56 Å². The molecule has 0 amide bonds. The van der Waals surface area contributed by atoms with Crippen LogP contribution in [0.5, 0.6) is 0 Å². The average Bonchev–Trinajstić information content (AvgIpc) is 2.39. The van der Waals surface area contributed by atoms with Crippen molar-refractivity contribution in [2.75, 3.05) is 20.3 Å². The van der Waals surface area contributed by atoms with E-state index < -0.39 is 10.0 Å².